The Labute approximate surface area is 111 Å². The van der Waals surface area contributed by atoms with Crippen molar-refractivity contribution in [2.75, 3.05) is 12.8 Å². The molecule has 0 aliphatic heterocycles. The van der Waals surface area contributed by atoms with Crippen molar-refractivity contribution in [1.29, 1.82) is 0 Å². The van der Waals surface area contributed by atoms with E-state index in [1.54, 1.807) is 0 Å². The van der Waals surface area contributed by atoms with E-state index in [0.29, 0.717) is 19.0 Å². The van der Waals surface area contributed by atoms with E-state index in [4.69, 9.17) is 11.6 Å². The van der Waals surface area contributed by atoms with Crippen LogP contribution in [0.1, 0.15) is 5.82 Å². The molecule has 1 heterocycles. The van der Waals surface area contributed by atoms with Crippen LogP contribution in [0.15, 0.2) is 24.3 Å². The van der Waals surface area contributed by atoms with Gasteiger partial charge in [0.25, 0.3) is 0 Å². The molecule has 0 aliphatic rings. The van der Waals surface area contributed by atoms with E-state index in [-0.39, 0.29) is 0 Å². The Hall–Kier alpha value is -1.11. The molecular formula is C11H14ClN3O2S. The van der Waals surface area contributed by atoms with Gasteiger partial charge in [0.2, 0.25) is 10.0 Å². The molecule has 18 heavy (non-hydrogen) atoms. The van der Waals surface area contributed by atoms with Crippen LogP contribution in [0.3, 0.4) is 0 Å². The van der Waals surface area contributed by atoms with Crippen molar-refractivity contribution in [3.63, 3.8) is 0 Å². The van der Waals surface area contributed by atoms with Crippen molar-refractivity contribution < 1.29 is 8.42 Å². The zero-order chi connectivity index (χ0) is 13.2. The SMILES string of the molecule is CS(=O)(=O)NCCn1c(CCl)nc2ccccc21. The number of imidazole rings is 1. The van der Waals surface area contributed by atoms with Crippen LogP contribution in [0, 0.1) is 0 Å². The van der Waals surface area contributed by atoms with Crippen molar-refractivity contribution in [3.8, 4) is 0 Å². The second-order valence-electron chi connectivity index (χ2n) is 3.97. The summed E-state index contributed by atoms with van der Waals surface area (Å²) in [6.45, 7) is 0.832. The maximum absolute atomic E-state index is 11.0. The van der Waals surface area contributed by atoms with E-state index in [9.17, 15) is 8.42 Å². The molecule has 0 fully saturated rings. The minimum absolute atomic E-state index is 0.299. The van der Waals surface area contributed by atoms with Gasteiger partial charge in [-0.15, -0.1) is 11.6 Å². The van der Waals surface area contributed by atoms with Gasteiger partial charge >= 0.3 is 0 Å². The fourth-order valence-corrected chi connectivity index (χ4v) is 2.49. The summed E-state index contributed by atoms with van der Waals surface area (Å²) in [6, 6.07) is 7.68. The van der Waals surface area contributed by atoms with Gasteiger partial charge in [-0.3, -0.25) is 0 Å². The van der Waals surface area contributed by atoms with Gasteiger partial charge in [0.15, 0.2) is 0 Å². The molecule has 0 amide bonds. The van der Waals surface area contributed by atoms with Gasteiger partial charge in [0, 0.05) is 13.1 Å². The Kier molecular flexibility index (Phi) is 3.89. The number of hydrogen-bond acceptors (Lipinski definition) is 3. The quantitative estimate of drug-likeness (QED) is 0.844. The van der Waals surface area contributed by atoms with Crippen LogP contribution in [0.25, 0.3) is 11.0 Å². The first-order chi connectivity index (χ1) is 8.51. The summed E-state index contributed by atoms with van der Waals surface area (Å²) >= 11 is 5.85. The Morgan fingerprint density at radius 3 is 2.78 bits per heavy atom. The van der Waals surface area contributed by atoms with Gasteiger partial charge in [-0.05, 0) is 12.1 Å². The molecule has 0 radical (unpaired) electrons. The number of para-hydroxylation sites is 2. The highest BCUT2D eigenvalue weighted by atomic mass is 35.5. The number of fused-ring (bicyclic) bond motifs is 1. The van der Waals surface area contributed by atoms with E-state index in [0.717, 1.165) is 23.1 Å². The predicted octanol–water partition coefficient (Wildman–Crippen LogP) is 1.32. The predicted molar refractivity (Wildman–Crippen MR) is 72.1 cm³/mol. The number of nitrogens with one attached hydrogen (secondary N) is 1. The smallest absolute Gasteiger partial charge is 0.208 e. The number of nitrogens with zero attached hydrogens (tertiary/aromatic N) is 2. The van der Waals surface area contributed by atoms with Gasteiger partial charge in [-0.2, -0.15) is 0 Å². The molecule has 2 aromatic rings. The topological polar surface area (TPSA) is 64.0 Å². The van der Waals surface area contributed by atoms with Crippen molar-refractivity contribution >= 4 is 32.7 Å². The number of rotatable bonds is 5. The monoisotopic (exact) mass is 287 g/mol. The molecule has 0 unspecified atom stereocenters. The summed E-state index contributed by atoms with van der Waals surface area (Å²) in [4.78, 5) is 4.40. The second kappa shape index (κ2) is 5.26. The molecule has 0 saturated heterocycles. The Balaban J connectivity index is 2.25. The lowest BCUT2D eigenvalue weighted by molar-refractivity contribution is 0.578. The first-order valence-corrected chi connectivity index (χ1v) is 7.88. The van der Waals surface area contributed by atoms with Gasteiger partial charge in [-0.1, -0.05) is 12.1 Å². The van der Waals surface area contributed by atoms with Crippen molar-refractivity contribution in [1.82, 2.24) is 14.3 Å². The average molecular weight is 288 g/mol. The number of sulfonamides is 1. The molecule has 7 heteroatoms. The molecule has 0 saturated carbocycles. The second-order valence-corrected chi connectivity index (χ2v) is 6.07. The fraction of sp³-hybridized carbons (Fsp3) is 0.364. The van der Waals surface area contributed by atoms with Crippen LogP contribution >= 0.6 is 11.6 Å². The van der Waals surface area contributed by atoms with Crippen LogP contribution < -0.4 is 4.72 Å². The number of aromatic nitrogens is 2. The molecule has 98 valence electrons. The minimum Gasteiger partial charge on any atom is -0.326 e. The van der Waals surface area contributed by atoms with E-state index >= 15 is 0 Å². The number of halogens is 1. The van der Waals surface area contributed by atoms with E-state index in [2.05, 4.69) is 9.71 Å². The van der Waals surface area contributed by atoms with Crippen molar-refractivity contribution in [2.45, 2.75) is 12.4 Å². The van der Waals surface area contributed by atoms with Gasteiger partial charge < -0.3 is 4.57 Å². The lowest BCUT2D eigenvalue weighted by Crippen LogP contribution is -2.26. The van der Waals surface area contributed by atoms with Gasteiger partial charge in [0.05, 0.1) is 23.2 Å². The lowest BCUT2D eigenvalue weighted by atomic mass is 10.3. The normalized spacial score (nSPS) is 12.1. The molecular weight excluding hydrogens is 274 g/mol. The molecule has 0 spiro atoms. The van der Waals surface area contributed by atoms with E-state index in [1.165, 1.54) is 0 Å². The molecule has 0 aliphatic carbocycles. The summed E-state index contributed by atoms with van der Waals surface area (Å²) in [5.41, 5.74) is 1.83. The molecule has 2 rings (SSSR count). The van der Waals surface area contributed by atoms with Crippen LogP contribution in [-0.4, -0.2) is 30.8 Å². The maximum Gasteiger partial charge on any atom is 0.208 e. The molecule has 1 N–H and O–H groups in total. The first kappa shape index (κ1) is 13.3. The molecule has 0 bridgehead atoms. The van der Waals surface area contributed by atoms with Crippen molar-refractivity contribution in [2.24, 2.45) is 0 Å². The zero-order valence-corrected chi connectivity index (χ0v) is 11.5. The number of benzene rings is 1. The molecule has 0 atom stereocenters. The summed E-state index contributed by atoms with van der Waals surface area (Å²) in [6.07, 6.45) is 1.14. The number of alkyl halides is 1. The highest BCUT2D eigenvalue weighted by Gasteiger charge is 2.09. The van der Waals surface area contributed by atoms with Gasteiger partial charge in [-0.25, -0.2) is 18.1 Å². The van der Waals surface area contributed by atoms with E-state index < -0.39 is 10.0 Å². The largest absolute Gasteiger partial charge is 0.326 e. The summed E-state index contributed by atoms with van der Waals surface area (Å²) in [7, 11) is -3.17. The number of hydrogen-bond donors (Lipinski definition) is 1. The average Bonchev–Trinajstić information content (AvgIpc) is 2.66. The third kappa shape index (κ3) is 3.01. The molecule has 1 aromatic carbocycles. The maximum atomic E-state index is 11.0. The Bertz CT molecular complexity index is 651. The third-order valence-corrected chi connectivity index (χ3v) is 3.52. The highest BCUT2D eigenvalue weighted by Crippen LogP contribution is 2.16. The van der Waals surface area contributed by atoms with E-state index in [1.807, 2.05) is 28.8 Å². The van der Waals surface area contributed by atoms with Crippen LogP contribution in [-0.2, 0) is 22.4 Å². The fourth-order valence-electron chi connectivity index (χ4n) is 1.82. The first-order valence-electron chi connectivity index (χ1n) is 5.46. The van der Waals surface area contributed by atoms with Crippen LogP contribution in [0.5, 0.6) is 0 Å². The van der Waals surface area contributed by atoms with Crippen molar-refractivity contribution in [3.05, 3.63) is 30.1 Å². The third-order valence-electron chi connectivity index (χ3n) is 2.55. The standard InChI is InChI=1S/C11H14ClN3O2S/c1-18(16,17)13-6-7-15-10-5-3-2-4-9(10)14-11(15)8-12/h2-5,13H,6-8H2,1H3. The summed E-state index contributed by atoms with van der Waals surface area (Å²) in [5.74, 6) is 1.04. The molecule has 1 aromatic heterocycles. The highest BCUT2D eigenvalue weighted by molar-refractivity contribution is 7.88. The Morgan fingerprint density at radius 2 is 2.11 bits per heavy atom. The van der Waals surface area contributed by atoms with Gasteiger partial charge in [0.1, 0.15) is 5.82 Å². The Morgan fingerprint density at radius 1 is 1.39 bits per heavy atom. The summed E-state index contributed by atoms with van der Waals surface area (Å²) < 4.78 is 26.4. The van der Waals surface area contributed by atoms with Crippen LogP contribution in [0.4, 0.5) is 0 Å². The minimum atomic E-state index is -3.17. The summed E-state index contributed by atoms with van der Waals surface area (Å²) in [5, 5.41) is 0. The lowest BCUT2D eigenvalue weighted by Gasteiger charge is -2.07. The molecule has 5 nitrogen and oxygen atoms in total. The zero-order valence-electron chi connectivity index (χ0n) is 9.93. The van der Waals surface area contributed by atoms with Crippen LogP contribution in [0.2, 0.25) is 0 Å².